The molecule has 5 nitrogen and oxygen atoms in total. The third-order valence-electron chi connectivity index (χ3n) is 4.00. The van der Waals surface area contributed by atoms with Crippen molar-refractivity contribution in [1.29, 1.82) is 0 Å². The highest BCUT2D eigenvalue weighted by Gasteiger charge is 2.33. The van der Waals surface area contributed by atoms with Crippen molar-refractivity contribution in [2.24, 2.45) is 5.92 Å². The number of hydrogen-bond donors (Lipinski definition) is 0. The fraction of sp³-hybridized carbons (Fsp3) is 0.667. The molecule has 120 valence electrons. The number of hydrogen-bond acceptors (Lipinski definition) is 5. The lowest BCUT2D eigenvalue weighted by molar-refractivity contribution is 0.481. The van der Waals surface area contributed by atoms with Crippen molar-refractivity contribution in [3.63, 3.8) is 0 Å². The summed E-state index contributed by atoms with van der Waals surface area (Å²) in [5, 5.41) is 6.43. The Labute approximate surface area is 140 Å². The molecule has 0 aliphatic carbocycles. The smallest absolute Gasteiger partial charge is 0.205 e. The Balaban J connectivity index is 1.94. The third kappa shape index (κ3) is 2.86. The maximum absolute atomic E-state index is 6.65. The topological polar surface area (TPSA) is 46.8 Å². The molecule has 1 aliphatic heterocycles. The highest BCUT2D eigenvalue weighted by molar-refractivity contribution is 7.09. The standard InChI is InChI=1S/C15H22ClN5S/c1-9(2)8-21-14(16)13(10(3)18-21)12-6-5-7-20(12)15-17-11(4)19-22-15/h9,12H,5-8H2,1-4H3. The molecule has 0 spiro atoms. The molecule has 0 aromatic carbocycles. The lowest BCUT2D eigenvalue weighted by Gasteiger charge is -2.23. The van der Waals surface area contributed by atoms with Crippen LogP contribution in [0.25, 0.3) is 0 Å². The van der Waals surface area contributed by atoms with E-state index in [0.29, 0.717) is 5.92 Å². The van der Waals surface area contributed by atoms with Crippen molar-refractivity contribution in [3.8, 4) is 0 Å². The Hall–Kier alpha value is -1.14. The molecule has 1 saturated heterocycles. The van der Waals surface area contributed by atoms with E-state index in [-0.39, 0.29) is 6.04 Å². The quantitative estimate of drug-likeness (QED) is 0.844. The van der Waals surface area contributed by atoms with Crippen LogP contribution >= 0.6 is 23.1 Å². The first kappa shape index (κ1) is 15.7. The third-order valence-corrected chi connectivity index (χ3v) is 5.24. The summed E-state index contributed by atoms with van der Waals surface area (Å²) >= 11 is 8.12. The van der Waals surface area contributed by atoms with Gasteiger partial charge in [0.15, 0.2) is 0 Å². The Morgan fingerprint density at radius 2 is 2.14 bits per heavy atom. The van der Waals surface area contributed by atoms with Gasteiger partial charge < -0.3 is 4.90 Å². The van der Waals surface area contributed by atoms with Crippen LogP contribution in [-0.2, 0) is 6.54 Å². The second-order valence-corrected chi connectivity index (χ2v) is 7.43. The van der Waals surface area contributed by atoms with Gasteiger partial charge in [-0.1, -0.05) is 25.4 Å². The van der Waals surface area contributed by atoms with Gasteiger partial charge in [-0.2, -0.15) is 9.47 Å². The molecule has 3 heterocycles. The number of rotatable bonds is 4. The highest BCUT2D eigenvalue weighted by Crippen LogP contribution is 2.41. The molecule has 0 bridgehead atoms. The molecule has 0 N–H and O–H groups in total. The molecular formula is C15H22ClN5S. The van der Waals surface area contributed by atoms with Gasteiger partial charge in [-0.25, -0.2) is 4.98 Å². The Morgan fingerprint density at radius 1 is 1.36 bits per heavy atom. The molecule has 22 heavy (non-hydrogen) atoms. The molecule has 1 atom stereocenters. The Kier molecular flexibility index (Phi) is 4.41. The van der Waals surface area contributed by atoms with Crippen LogP contribution in [0.3, 0.4) is 0 Å². The van der Waals surface area contributed by atoms with E-state index in [4.69, 9.17) is 11.6 Å². The average Bonchev–Trinajstić information content (AvgIpc) is 3.11. The summed E-state index contributed by atoms with van der Waals surface area (Å²) < 4.78 is 6.26. The summed E-state index contributed by atoms with van der Waals surface area (Å²) in [5.41, 5.74) is 2.19. The van der Waals surface area contributed by atoms with E-state index in [9.17, 15) is 0 Å². The molecule has 2 aromatic heterocycles. The van der Waals surface area contributed by atoms with Crippen LogP contribution in [0.2, 0.25) is 5.15 Å². The van der Waals surface area contributed by atoms with Crippen molar-refractivity contribution < 1.29 is 0 Å². The molecule has 0 saturated carbocycles. The van der Waals surface area contributed by atoms with E-state index in [1.165, 1.54) is 11.5 Å². The summed E-state index contributed by atoms with van der Waals surface area (Å²) in [6.07, 6.45) is 2.24. The van der Waals surface area contributed by atoms with Crippen molar-refractivity contribution in [1.82, 2.24) is 19.1 Å². The number of halogens is 1. The molecule has 0 radical (unpaired) electrons. The van der Waals surface area contributed by atoms with Crippen LogP contribution in [0.15, 0.2) is 0 Å². The minimum atomic E-state index is 0.265. The minimum Gasteiger partial charge on any atom is -0.340 e. The monoisotopic (exact) mass is 339 g/mol. The SMILES string of the molecule is Cc1nsc(N2CCCC2c2c(C)nn(CC(C)C)c2Cl)n1. The van der Waals surface area contributed by atoms with Gasteiger partial charge in [0.05, 0.1) is 11.7 Å². The van der Waals surface area contributed by atoms with Crippen LogP contribution in [0.4, 0.5) is 5.13 Å². The maximum Gasteiger partial charge on any atom is 0.205 e. The van der Waals surface area contributed by atoms with Gasteiger partial charge >= 0.3 is 0 Å². The fourth-order valence-electron chi connectivity index (χ4n) is 3.11. The number of aryl methyl sites for hydroxylation is 2. The zero-order chi connectivity index (χ0) is 15.9. The van der Waals surface area contributed by atoms with Crippen LogP contribution in [0, 0.1) is 19.8 Å². The molecule has 0 amide bonds. The molecule has 1 fully saturated rings. The summed E-state index contributed by atoms with van der Waals surface area (Å²) in [6.45, 7) is 10.2. The first-order valence-electron chi connectivity index (χ1n) is 7.77. The van der Waals surface area contributed by atoms with Crippen LogP contribution in [-0.4, -0.2) is 25.7 Å². The number of aromatic nitrogens is 4. The highest BCUT2D eigenvalue weighted by atomic mass is 35.5. The van der Waals surface area contributed by atoms with Gasteiger partial charge in [-0.15, -0.1) is 0 Å². The molecule has 1 aliphatic rings. The van der Waals surface area contributed by atoms with Crippen LogP contribution < -0.4 is 4.90 Å². The zero-order valence-electron chi connectivity index (χ0n) is 13.5. The van der Waals surface area contributed by atoms with Crippen molar-refractivity contribution in [3.05, 3.63) is 22.2 Å². The molecule has 2 aromatic rings. The van der Waals surface area contributed by atoms with E-state index in [1.54, 1.807) is 0 Å². The first-order valence-corrected chi connectivity index (χ1v) is 8.92. The fourth-order valence-corrected chi connectivity index (χ4v) is 4.23. The number of nitrogens with zero attached hydrogens (tertiary/aromatic N) is 5. The summed E-state index contributed by atoms with van der Waals surface area (Å²) in [5.74, 6) is 1.36. The molecule has 3 rings (SSSR count). The van der Waals surface area contributed by atoms with E-state index in [0.717, 1.165) is 53.3 Å². The van der Waals surface area contributed by atoms with Gasteiger partial charge in [0.25, 0.3) is 0 Å². The Morgan fingerprint density at radius 3 is 2.77 bits per heavy atom. The van der Waals surface area contributed by atoms with Crippen molar-refractivity contribution >= 4 is 28.3 Å². The largest absolute Gasteiger partial charge is 0.340 e. The molecule has 1 unspecified atom stereocenters. The van der Waals surface area contributed by atoms with Gasteiger partial charge in [0, 0.05) is 30.2 Å². The van der Waals surface area contributed by atoms with Gasteiger partial charge in [0.1, 0.15) is 11.0 Å². The lowest BCUT2D eigenvalue weighted by Crippen LogP contribution is -2.23. The Bertz CT molecular complexity index is 663. The van der Waals surface area contributed by atoms with Crippen LogP contribution in [0.5, 0.6) is 0 Å². The second kappa shape index (κ2) is 6.16. The average molecular weight is 340 g/mol. The van der Waals surface area contributed by atoms with Crippen molar-refractivity contribution in [2.75, 3.05) is 11.4 Å². The maximum atomic E-state index is 6.65. The normalized spacial score (nSPS) is 18.6. The van der Waals surface area contributed by atoms with Crippen molar-refractivity contribution in [2.45, 2.75) is 53.1 Å². The van der Waals surface area contributed by atoms with Gasteiger partial charge in [-0.05, 0) is 32.6 Å². The summed E-state index contributed by atoms with van der Waals surface area (Å²) in [4.78, 5) is 6.88. The van der Waals surface area contributed by atoms with E-state index < -0.39 is 0 Å². The predicted octanol–water partition coefficient (Wildman–Crippen LogP) is 4.00. The van der Waals surface area contributed by atoms with E-state index in [1.807, 2.05) is 11.6 Å². The molecular weight excluding hydrogens is 318 g/mol. The second-order valence-electron chi connectivity index (χ2n) is 6.34. The zero-order valence-corrected chi connectivity index (χ0v) is 15.1. The van der Waals surface area contributed by atoms with E-state index in [2.05, 4.69) is 40.1 Å². The lowest BCUT2D eigenvalue weighted by atomic mass is 10.1. The number of anilines is 1. The van der Waals surface area contributed by atoms with E-state index >= 15 is 0 Å². The minimum absolute atomic E-state index is 0.265. The predicted molar refractivity (Wildman–Crippen MR) is 90.8 cm³/mol. The van der Waals surface area contributed by atoms with Crippen LogP contribution in [0.1, 0.15) is 49.8 Å². The first-order chi connectivity index (χ1) is 10.5. The summed E-state index contributed by atoms with van der Waals surface area (Å²) in [7, 11) is 0. The van der Waals surface area contributed by atoms with Gasteiger partial charge in [0.2, 0.25) is 5.13 Å². The molecule has 7 heteroatoms. The summed E-state index contributed by atoms with van der Waals surface area (Å²) in [6, 6.07) is 0.265. The van der Waals surface area contributed by atoms with Gasteiger partial charge in [-0.3, -0.25) is 4.68 Å².